The molecular formula is C8H9ClZn. The second kappa shape index (κ2) is 4.10. The van der Waals surface area contributed by atoms with Crippen LogP contribution in [0.25, 0.3) is 0 Å². The van der Waals surface area contributed by atoms with Gasteiger partial charge in [-0.25, -0.2) is 0 Å². The molecule has 0 N–H and O–H groups in total. The molecule has 0 saturated heterocycles. The minimum Gasteiger partial charge on any atom is -1.00 e. The van der Waals surface area contributed by atoms with Crippen molar-refractivity contribution in [3.05, 3.63) is 29.3 Å². The third kappa shape index (κ3) is 2.07. The minimum atomic E-state index is 0. The fraction of sp³-hybridized carbons (Fsp3) is 0.250. The van der Waals surface area contributed by atoms with Gasteiger partial charge in [0.1, 0.15) is 0 Å². The molecule has 0 aliphatic heterocycles. The average molecular weight is 206 g/mol. The average Bonchev–Trinajstić information content (AvgIpc) is 1.83. The van der Waals surface area contributed by atoms with Crippen molar-refractivity contribution < 1.29 is 30.7 Å². The summed E-state index contributed by atoms with van der Waals surface area (Å²) >= 11 is 1.28. The fourth-order valence-corrected chi connectivity index (χ4v) is 1.34. The van der Waals surface area contributed by atoms with Gasteiger partial charge in [-0.3, -0.25) is 0 Å². The van der Waals surface area contributed by atoms with Gasteiger partial charge in [0, 0.05) is 0 Å². The molecule has 0 aliphatic carbocycles. The molecule has 2 heteroatoms. The molecular weight excluding hydrogens is 197 g/mol. The van der Waals surface area contributed by atoms with Crippen molar-refractivity contribution in [3.8, 4) is 0 Å². The smallest absolute Gasteiger partial charge is 1.00 e. The molecule has 0 heterocycles. The summed E-state index contributed by atoms with van der Waals surface area (Å²) < 4.78 is 1.54. The predicted molar refractivity (Wildman–Crippen MR) is 35.5 cm³/mol. The molecule has 0 aromatic heterocycles. The standard InChI is InChI=1S/C8H9.ClH.Zn/c1-7-4-3-5-8(2)6-7;;/h3-5H,1-2H3;1H;/q;;+1/p-1. The van der Waals surface area contributed by atoms with E-state index < -0.39 is 0 Å². The maximum absolute atomic E-state index is 2.17. The van der Waals surface area contributed by atoms with Crippen LogP contribution in [0.5, 0.6) is 0 Å². The summed E-state index contributed by atoms with van der Waals surface area (Å²) in [6, 6.07) is 6.46. The molecule has 0 atom stereocenters. The predicted octanol–water partition coefficient (Wildman–Crippen LogP) is -1.52. The third-order valence-corrected chi connectivity index (χ3v) is 3.98. The Morgan fingerprint density at radius 3 is 1.80 bits per heavy atom. The largest absolute Gasteiger partial charge is 1.00 e. The summed E-state index contributed by atoms with van der Waals surface area (Å²) in [5.41, 5.74) is 2.88. The molecule has 10 heavy (non-hydrogen) atoms. The zero-order valence-electron chi connectivity index (χ0n) is 6.32. The second-order valence-electron chi connectivity index (χ2n) is 2.37. The summed E-state index contributed by atoms with van der Waals surface area (Å²) in [4.78, 5) is 0. The molecule has 0 spiro atoms. The van der Waals surface area contributed by atoms with Crippen molar-refractivity contribution >= 4 is 4.16 Å². The molecule has 50 valence electrons. The van der Waals surface area contributed by atoms with Gasteiger partial charge in [0.25, 0.3) is 0 Å². The Balaban J connectivity index is 0.000000810. The van der Waals surface area contributed by atoms with E-state index in [0.29, 0.717) is 0 Å². The summed E-state index contributed by atoms with van der Waals surface area (Å²) in [6.45, 7) is 4.34. The van der Waals surface area contributed by atoms with Crippen molar-refractivity contribution in [1.82, 2.24) is 0 Å². The molecule has 0 nitrogen and oxygen atoms in total. The fourth-order valence-electron chi connectivity index (χ4n) is 0.849. The monoisotopic (exact) mass is 204 g/mol. The minimum absolute atomic E-state index is 0. The molecule has 0 saturated carbocycles. The van der Waals surface area contributed by atoms with Crippen LogP contribution in [-0.4, -0.2) is 0 Å². The SMILES string of the molecule is Cc1cccc(C)[c]1[Zn+].[Cl-]. The normalized spacial score (nSPS) is 8.80. The van der Waals surface area contributed by atoms with E-state index in [4.69, 9.17) is 0 Å². The van der Waals surface area contributed by atoms with Crippen molar-refractivity contribution in [2.24, 2.45) is 0 Å². The van der Waals surface area contributed by atoms with Crippen molar-refractivity contribution in [2.75, 3.05) is 0 Å². The Hall–Kier alpha value is 0.133. The summed E-state index contributed by atoms with van der Waals surface area (Å²) in [5, 5.41) is 0. The van der Waals surface area contributed by atoms with Crippen LogP contribution in [0, 0.1) is 13.8 Å². The van der Waals surface area contributed by atoms with Gasteiger partial charge >= 0.3 is 65.6 Å². The van der Waals surface area contributed by atoms with Crippen molar-refractivity contribution in [3.63, 3.8) is 0 Å². The maximum Gasteiger partial charge on any atom is -1.00 e. The Morgan fingerprint density at radius 1 is 1.10 bits per heavy atom. The molecule has 0 amide bonds. The number of aryl methyl sites for hydroxylation is 2. The van der Waals surface area contributed by atoms with E-state index in [1.807, 2.05) is 0 Å². The molecule has 0 aliphatic rings. The van der Waals surface area contributed by atoms with Gasteiger partial charge in [0.05, 0.1) is 0 Å². The maximum atomic E-state index is 2.17. The van der Waals surface area contributed by atoms with Gasteiger partial charge in [0.15, 0.2) is 0 Å². The number of hydrogen-bond donors (Lipinski definition) is 0. The van der Waals surface area contributed by atoms with Crippen LogP contribution < -0.4 is 16.6 Å². The quantitative estimate of drug-likeness (QED) is 0.452. The van der Waals surface area contributed by atoms with Crippen LogP contribution in [0.4, 0.5) is 0 Å². The Kier molecular flexibility index (Phi) is 4.16. The van der Waals surface area contributed by atoms with E-state index in [0.717, 1.165) is 0 Å². The summed E-state index contributed by atoms with van der Waals surface area (Å²) in [5.74, 6) is 0. The summed E-state index contributed by atoms with van der Waals surface area (Å²) in [7, 11) is 0. The molecule has 0 bridgehead atoms. The van der Waals surface area contributed by atoms with E-state index in [-0.39, 0.29) is 12.4 Å². The van der Waals surface area contributed by atoms with Gasteiger partial charge < -0.3 is 12.4 Å². The first-order valence-corrected chi connectivity index (χ1v) is 4.58. The Bertz CT molecular complexity index is 200. The van der Waals surface area contributed by atoms with E-state index in [2.05, 4.69) is 32.0 Å². The molecule has 1 aromatic rings. The first kappa shape index (κ1) is 10.1. The zero-order valence-corrected chi connectivity index (χ0v) is 10.0. The zero-order chi connectivity index (χ0) is 6.85. The molecule has 1 aromatic carbocycles. The van der Waals surface area contributed by atoms with E-state index in [9.17, 15) is 0 Å². The van der Waals surface area contributed by atoms with Gasteiger partial charge in [-0.15, -0.1) is 0 Å². The number of halogens is 1. The Morgan fingerprint density at radius 2 is 1.50 bits per heavy atom. The van der Waals surface area contributed by atoms with E-state index in [1.54, 1.807) is 0 Å². The Labute approximate surface area is 78.1 Å². The van der Waals surface area contributed by atoms with Crippen molar-refractivity contribution in [1.29, 1.82) is 0 Å². The van der Waals surface area contributed by atoms with Crippen LogP contribution in [0.2, 0.25) is 0 Å². The molecule has 0 radical (unpaired) electrons. The van der Waals surface area contributed by atoms with Crippen LogP contribution in [0.1, 0.15) is 11.1 Å². The first-order chi connectivity index (χ1) is 4.22. The van der Waals surface area contributed by atoms with Crippen LogP contribution >= 0.6 is 0 Å². The number of hydrogen-bond acceptors (Lipinski definition) is 0. The van der Waals surface area contributed by atoms with E-state index >= 15 is 0 Å². The topological polar surface area (TPSA) is 0 Å². The molecule has 0 unspecified atom stereocenters. The second-order valence-corrected chi connectivity index (χ2v) is 3.85. The number of benzene rings is 1. The third-order valence-electron chi connectivity index (χ3n) is 1.64. The first-order valence-electron chi connectivity index (χ1n) is 3.10. The van der Waals surface area contributed by atoms with E-state index in [1.165, 1.54) is 33.6 Å². The van der Waals surface area contributed by atoms with Crippen molar-refractivity contribution in [2.45, 2.75) is 13.8 Å². The van der Waals surface area contributed by atoms with Gasteiger partial charge in [-0.2, -0.15) is 0 Å². The van der Waals surface area contributed by atoms with Crippen LogP contribution in [-0.2, 0) is 18.3 Å². The van der Waals surface area contributed by atoms with Gasteiger partial charge in [-0.1, -0.05) is 0 Å². The van der Waals surface area contributed by atoms with Gasteiger partial charge in [0.2, 0.25) is 0 Å². The molecule has 1 rings (SSSR count). The van der Waals surface area contributed by atoms with Crippen LogP contribution in [0.3, 0.4) is 0 Å². The van der Waals surface area contributed by atoms with Crippen LogP contribution in [0.15, 0.2) is 18.2 Å². The molecule has 0 fully saturated rings. The van der Waals surface area contributed by atoms with Gasteiger partial charge in [-0.05, 0) is 0 Å². The number of rotatable bonds is 0. The summed E-state index contributed by atoms with van der Waals surface area (Å²) in [6.07, 6.45) is 0.